The number of primary amides is 1. The molecular formula is C14H15ClN4O2. The van der Waals surface area contributed by atoms with E-state index >= 15 is 0 Å². The molecule has 110 valence electrons. The number of carbonyl (C=O) groups excluding carboxylic acids is 1. The number of hydrogen-bond acceptors (Lipinski definition) is 5. The number of carbonyl (C=O) groups is 1. The Morgan fingerprint density at radius 1 is 1.38 bits per heavy atom. The molecule has 0 saturated heterocycles. The molecule has 6 nitrogen and oxygen atoms in total. The number of nitrogens with zero attached hydrogens (tertiary/aromatic N) is 2. The van der Waals surface area contributed by atoms with Crippen molar-refractivity contribution in [3.05, 3.63) is 52.9 Å². The van der Waals surface area contributed by atoms with Crippen molar-refractivity contribution in [2.75, 3.05) is 19.0 Å². The van der Waals surface area contributed by atoms with Gasteiger partial charge in [-0.05, 0) is 17.7 Å². The lowest BCUT2D eigenvalue weighted by atomic mass is 10.1. The average Bonchev–Trinajstić information content (AvgIpc) is 2.48. The molecule has 2 rings (SSSR count). The largest absolute Gasteiger partial charge is 0.382 e. The van der Waals surface area contributed by atoms with E-state index in [2.05, 4.69) is 15.3 Å². The van der Waals surface area contributed by atoms with E-state index in [0.717, 1.165) is 5.56 Å². The van der Waals surface area contributed by atoms with E-state index in [0.29, 0.717) is 17.4 Å². The lowest BCUT2D eigenvalue weighted by Crippen LogP contribution is -2.19. The van der Waals surface area contributed by atoms with Crippen molar-refractivity contribution < 1.29 is 9.53 Å². The van der Waals surface area contributed by atoms with Crippen molar-refractivity contribution in [2.45, 2.75) is 6.04 Å². The third kappa shape index (κ3) is 4.14. The van der Waals surface area contributed by atoms with Gasteiger partial charge in [-0.25, -0.2) is 4.98 Å². The molecule has 21 heavy (non-hydrogen) atoms. The Kier molecular flexibility index (Phi) is 5.08. The molecule has 0 saturated carbocycles. The van der Waals surface area contributed by atoms with E-state index in [1.807, 2.05) is 12.1 Å². The molecule has 2 aromatic rings. The van der Waals surface area contributed by atoms with Gasteiger partial charge in [-0.15, -0.1) is 0 Å². The number of nitrogens with two attached hydrogens (primary N) is 1. The van der Waals surface area contributed by atoms with E-state index in [1.165, 1.54) is 12.4 Å². The van der Waals surface area contributed by atoms with Gasteiger partial charge in [0.15, 0.2) is 0 Å². The van der Waals surface area contributed by atoms with E-state index in [-0.39, 0.29) is 11.7 Å². The molecule has 0 aliphatic carbocycles. The van der Waals surface area contributed by atoms with Crippen LogP contribution in [0.15, 0.2) is 36.7 Å². The number of halogens is 1. The predicted molar refractivity (Wildman–Crippen MR) is 80.2 cm³/mol. The monoisotopic (exact) mass is 306 g/mol. The van der Waals surface area contributed by atoms with Crippen molar-refractivity contribution >= 4 is 23.3 Å². The molecule has 0 spiro atoms. The quantitative estimate of drug-likeness (QED) is 0.852. The number of ether oxygens (including phenoxy) is 1. The molecular weight excluding hydrogens is 292 g/mol. The summed E-state index contributed by atoms with van der Waals surface area (Å²) in [4.78, 5) is 19.2. The number of benzene rings is 1. The van der Waals surface area contributed by atoms with Crippen molar-refractivity contribution in [3.8, 4) is 0 Å². The van der Waals surface area contributed by atoms with Gasteiger partial charge >= 0.3 is 0 Å². The SMILES string of the molecule is COC[C@@H](Nc1cncc(C(N)=O)n1)c1ccc(Cl)cc1. The fourth-order valence-electron chi connectivity index (χ4n) is 1.82. The molecule has 1 amide bonds. The van der Waals surface area contributed by atoms with Gasteiger partial charge in [0, 0.05) is 12.1 Å². The zero-order chi connectivity index (χ0) is 15.2. The van der Waals surface area contributed by atoms with Crippen LogP contribution in [0.4, 0.5) is 5.82 Å². The van der Waals surface area contributed by atoms with Crippen molar-refractivity contribution in [2.24, 2.45) is 5.73 Å². The van der Waals surface area contributed by atoms with Gasteiger partial charge in [-0.1, -0.05) is 23.7 Å². The minimum absolute atomic E-state index is 0.104. The minimum atomic E-state index is -0.624. The van der Waals surface area contributed by atoms with E-state index in [9.17, 15) is 4.79 Å². The van der Waals surface area contributed by atoms with Crippen molar-refractivity contribution in [3.63, 3.8) is 0 Å². The number of aromatic nitrogens is 2. The maximum Gasteiger partial charge on any atom is 0.268 e. The summed E-state index contributed by atoms with van der Waals surface area (Å²) < 4.78 is 5.20. The molecule has 0 fully saturated rings. The summed E-state index contributed by atoms with van der Waals surface area (Å²) in [6, 6.07) is 7.23. The summed E-state index contributed by atoms with van der Waals surface area (Å²) in [7, 11) is 1.61. The van der Waals surface area contributed by atoms with Crippen LogP contribution in [0.5, 0.6) is 0 Å². The zero-order valence-corrected chi connectivity index (χ0v) is 12.2. The highest BCUT2D eigenvalue weighted by atomic mass is 35.5. The van der Waals surface area contributed by atoms with E-state index in [4.69, 9.17) is 22.1 Å². The van der Waals surface area contributed by atoms with Gasteiger partial charge < -0.3 is 15.8 Å². The van der Waals surface area contributed by atoms with E-state index in [1.54, 1.807) is 19.2 Å². The minimum Gasteiger partial charge on any atom is -0.382 e. The smallest absolute Gasteiger partial charge is 0.268 e. The van der Waals surface area contributed by atoms with Crippen molar-refractivity contribution in [1.82, 2.24) is 9.97 Å². The Hall–Kier alpha value is -2.18. The Labute approximate surface area is 127 Å². The van der Waals surface area contributed by atoms with Crippen molar-refractivity contribution in [1.29, 1.82) is 0 Å². The third-order valence-electron chi connectivity index (χ3n) is 2.81. The normalized spacial score (nSPS) is 11.9. The molecule has 0 aliphatic heterocycles. The van der Waals surface area contributed by atoms with Crippen LogP contribution < -0.4 is 11.1 Å². The van der Waals surface area contributed by atoms with Gasteiger partial charge in [0.25, 0.3) is 5.91 Å². The van der Waals surface area contributed by atoms with Crippen LogP contribution in [0.3, 0.4) is 0 Å². The number of rotatable bonds is 6. The summed E-state index contributed by atoms with van der Waals surface area (Å²) in [6.45, 7) is 0.421. The molecule has 7 heteroatoms. The van der Waals surface area contributed by atoms with Crippen LogP contribution in [-0.4, -0.2) is 29.6 Å². The fraction of sp³-hybridized carbons (Fsp3) is 0.214. The molecule has 0 bridgehead atoms. The Morgan fingerprint density at radius 2 is 2.10 bits per heavy atom. The number of hydrogen-bond donors (Lipinski definition) is 2. The Bertz CT molecular complexity index is 619. The van der Waals surface area contributed by atoms with Crippen LogP contribution in [0.2, 0.25) is 5.02 Å². The molecule has 1 aromatic carbocycles. The average molecular weight is 307 g/mol. The summed E-state index contributed by atoms with van der Waals surface area (Å²) >= 11 is 5.88. The first kappa shape index (κ1) is 15.2. The lowest BCUT2D eigenvalue weighted by Gasteiger charge is -2.19. The van der Waals surface area contributed by atoms with Crippen LogP contribution >= 0.6 is 11.6 Å². The zero-order valence-electron chi connectivity index (χ0n) is 11.4. The molecule has 3 N–H and O–H groups in total. The lowest BCUT2D eigenvalue weighted by molar-refractivity contribution is 0.0995. The van der Waals surface area contributed by atoms with Crippen LogP contribution in [0, 0.1) is 0 Å². The molecule has 1 heterocycles. The Morgan fingerprint density at radius 3 is 2.71 bits per heavy atom. The topological polar surface area (TPSA) is 90.1 Å². The summed E-state index contributed by atoms with van der Waals surface area (Å²) in [6.07, 6.45) is 2.84. The standard InChI is InChI=1S/C14H15ClN4O2/c1-21-8-12(9-2-4-10(15)5-3-9)19-13-7-17-6-11(18-13)14(16)20/h2-7,12H,8H2,1H3,(H2,16,20)(H,18,19)/t12-/m1/s1. The van der Waals surface area contributed by atoms with Crippen LogP contribution in [-0.2, 0) is 4.74 Å². The van der Waals surface area contributed by atoms with Gasteiger partial charge in [0.05, 0.1) is 25.0 Å². The summed E-state index contributed by atoms with van der Waals surface area (Å²) in [5.74, 6) is -0.177. The highest BCUT2D eigenvalue weighted by Crippen LogP contribution is 2.20. The number of nitrogens with one attached hydrogen (secondary N) is 1. The maximum atomic E-state index is 11.1. The molecule has 1 atom stereocenters. The second kappa shape index (κ2) is 7.01. The van der Waals surface area contributed by atoms with Gasteiger partial charge in [0.1, 0.15) is 11.5 Å². The van der Waals surface area contributed by atoms with Crippen LogP contribution in [0.1, 0.15) is 22.1 Å². The number of methoxy groups -OCH3 is 1. The molecule has 0 radical (unpaired) electrons. The second-order valence-corrected chi connectivity index (χ2v) is 4.79. The highest BCUT2D eigenvalue weighted by molar-refractivity contribution is 6.30. The van der Waals surface area contributed by atoms with Gasteiger partial charge in [-0.3, -0.25) is 9.78 Å². The van der Waals surface area contributed by atoms with Gasteiger partial charge in [0.2, 0.25) is 0 Å². The van der Waals surface area contributed by atoms with Gasteiger partial charge in [-0.2, -0.15) is 0 Å². The first-order chi connectivity index (χ1) is 10.1. The van der Waals surface area contributed by atoms with Crippen LogP contribution in [0.25, 0.3) is 0 Å². The summed E-state index contributed by atoms with van der Waals surface area (Å²) in [5, 5.41) is 3.82. The Balaban J connectivity index is 2.21. The summed E-state index contributed by atoms with van der Waals surface area (Å²) in [5.41, 5.74) is 6.27. The predicted octanol–water partition coefficient (Wildman–Crippen LogP) is 2.03. The second-order valence-electron chi connectivity index (χ2n) is 4.36. The molecule has 0 unspecified atom stereocenters. The molecule has 0 aliphatic rings. The van der Waals surface area contributed by atoms with E-state index < -0.39 is 5.91 Å². The highest BCUT2D eigenvalue weighted by Gasteiger charge is 2.13. The number of amides is 1. The maximum absolute atomic E-state index is 11.1. The molecule has 1 aromatic heterocycles. The fourth-order valence-corrected chi connectivity index (χ4v) is 1.94. The number of anilines is 1. The third-order valence-corrected chi connectivity index (χ3v) is 3.07. The first-order valence-corrected chi connectivity index (χ1v) is 6.60. The first-order valence-electron chi connectivity index (χ1n) is 6.23.